The normalized spacial score (nSPS) is 15.3. The van der Waals surface area contributed by atoms with Crippen molar-refractivity contribution in [3.8, 4) is 44.5 Å². The van der Waals surface area contributed by atoms with Crippen LogP contribution in [-0.2, 0) is 27.1 Å². The zero-order valence-electron chi connectivity index (χ0n) is 43.9. The van der Waals surface area contributed by atoms with E-state index < -0.39 is 0 Å². The number of rotatable bonds is 7. The van der Waals surface area contributed by atoms with Crippen LogP contribution < -0.4 is 4.90 Å². The monoisotopic (exact) mass is 896 g/mol. The van der Waals surface area contributed by atoms with Crippen molar-refractivity contribution in [3.05, 3.63) is 185 Å². The predicted octanol–water partition coefficient (Wildman–Crippen LogP) is 19.7. The van der Waals surface area contributed by atoms with Crippen LogP contribution in [0.3, 0.4) is 0 Å². The second kappa shape index (κ2) is 17.4. The first-order valence-electron chi connectivity index (χ1n) is 25.7. The molecule has 0 aliphatic heterocycles. The number of anilines is 3. The molecular formula is C67H77N. The summed E-state index contributed by atoms with van der Waals surface area (Å²) in [5, 5.41) is 0. The van der Waals surface area contributed by atoms with E-state index in [1.165, 1.54) is 133 Å². The topological polar surface area (TPSA) is 3.24 Å². The van der Waals surface area contributed by atoms with Gasteiger partial charge in [-0.2, -0.15) is 0 Å². The molecule has 0 aromatic heterocycles. The van der Waals surface area contributed by atoms with Gasteiger partial charge in [-0.15, -0.1) is 0 Å². The summed E-state index contributed by atoms with van der Waals surface area (Å²) in [5.41, 5.74) is 23.5. The molecule has 9 rings (SSSR count). The van der Waals surface area contributed by atoms with Crippen LogP contribution in [0.2, 0.25) is 0 Å². The predicted molar refractivity (Wildman–Crippen MR) is 296 cm³/mol. The summed E-state index contributed by atoms with van der Waals surface area (Å²) in [6.07, 6.45) is 6.55. The fraction of sp³-hybridized carbons (Fsp3) is 0.373. The molecule has 0 amide bonds. The summed E-state index contributed by atoms with van der Waals surface area (Å²) in [7, 11) is 0. The molecule has 0 heterocycles. The summed E-state index contributed by atoms with van der Waals surface area (Å²) >= 11 is 0. The van der Waals surface area contributed by atoms with E-state index in [0.29, 0.717) is 5.92 Å². The lowest BCUT2D eigenvalue weighted by atomic mass is 9.78. The van der Waals surface area contributed by atoms with Gasteiger partial charge in [0.05, 0.1) is 0 Å². The van der Waals surface area contributed by atoms with Crippen LogP contribution in [0.25, 0.3) is 44.5 Å². The number of hydrogen-bond acceptors (Lipinski definition) is 1. The third kappa shape index (κ3) is 9.40. The molecule has 0 unspecified atom stereocenters. The quantitative estimate of drug-likeness (QED) is 0.154. The van der Waals surface area contributed by atoms with Crippen LogP contribution in [0, 0.1) is 0 Å². The van der Waals surface area contributed by atoms with Gasteiger partial charge in [-0.1, -0.05) is 219 Å². The van der Waals surface area contributed by atoms with Crippen molar-refractivity contribution in [3.63, 3.8) is 0 Å². The van der Waals surface area contributed by atoms with Gasteiger partial charge in [0, 0.05) is 22.5 Å². The van der Waals surface area contributed by atoms with Crippen LogP contribution in [-0.4, -0.2) is 0 Å². The second-order valence-electron chi connectivity index (χ2n) is 25.1. The molecule has 0 spiro atoms. The molecule has 2 aliphatic rings. The first-order valence-corrected chi connectivity index (χ1v) is 25.7. The van der Waals surface area contributed by atoms with Crippen molar-refractivity contribution in [1.29, 1.82) is 0 Å². The summed E-state index contributed by atoms with van der Waals surface area (Å²) in [6.45, 7) is 32.8. The molecular weight excluding hydrogens is 819 g/mol. The zero-order valence-corrected chi connectivity index (χ0v) is 43.9. The molecule has 0 radical (unpaired) electrons. The van der Waals surface area contributed by atoms with E-state index in [4.69, 9.17) is 0 Å². The molecule has 7 aromatic rings. The Balaban J connectivity index is 1.17. The van der Waals surface area contributed by atoms with Gasteiger partial charge >= 0.3 is 0 Å². The first kappa shape index (κ1) is 47.4. The van der Waals surface area contributed by atoms with Crippen molar-refractivity contribution in [2.24, 2.45) is 0 Å². The van der Waals surface area contributed by atoms with Gasteiger partial charge in [0.15, 0.2) is 0 Å². The Bertz CT molecular complexity index is 2940. The largest absolute Gasteiger partial charge is 0.310 e. The van der Waals surface area contributed by atoms with E-state index in [1.54, 1.807) is 0 Å². The molecule has 1 fully saturated rings. The van der Waals surface area contributed by atoms with Crippen LogP contribution in [0.15, 0.2) is 146 Å². The van der Waals surface area contributed by atoms with Crippen molar-refractivity contribution in [1.82, 2.24) is 0 Å². The van der Waals surface area contributed by atoms with Crippen LogP contribution in [0.5, 0.6) is 0 Å². The smallest absolute Gasteiger partial charge is 0.0470 e. The molecule has 0 atom stereocenters. The first-order chi connectivity index (χ1) is 31.9. The molecule has 0 saturated heterocycles. The highest BCUT2D eigenvalue weighted by molar-refractivity contribution is 5.87. The lowest BCUT2D eigenvalue weighted by molar-refractivity contribution is 0.443. The molecule has 0 bridgehead atoms. The van der Waals surface area contributed by atoms with Gasteiger partial charge in [-0.25, -0.2) is 0 Å². The van der Waals surface area contributed by atoms with E-state index in [9.17, 15) is 0 Å². The SMILES string of the molecule is CC(C)(C)c1cc(-c2ccc(-c3cc(N(c4cccc(C5CCCCC5)c4)c4ccc5c(c4)C(C)(C)c4ccccc4-5)cc(C(C)(C)C)c3)cc2)cc(-c2cc(C(C)(C)C)cc(C(C)(C)C)c2)c1. The molecule has 1 nitrogen and oxygen atoms in total. The highest BCUT2D eigenvalue weighted by Crippen LogP contribution is 2.51. The van der Waals surface area contributed by atoms with Gasteiger partial charge in [-0.3, -0.25) is 0 Å². The average molecular weight is 896 g/mol. The van der Waals surface area contributed by atoms with E-state index >= 15 is 0 Å². The number of benzene rings is 7. The maximum atomic E-state index is 2.55. The number of fused-ring (bicyclic) bond motifs is 3. The van der Waals surface area contributed by atoms with Gasteiger partial charge in [0.25, 0.3) is 0 Å². The highest BCUT2D eigenvalue weighted by Gasteiger charge is 2.36. The minimum Gasteiger partial charge on any atom is -0.310 e. The van der Waals surface area contributed by atoms with Crippen molar-refractivity contribution < 1.29 is 0 Å². The van der Waals surface area contributed by atoms with Crippen molar-refractivity contribution >= 4 is 17.1 Å². The Labute approximate surface area is 411 Å². The fourth-order valence-electron chi connectivity index (χ4n) is 10.9. The lowest BCUT2D eigenvalue weighted by Gasteiger charge is -2.31. The van der Waals surface area contributed by atoms with Crippen LogP contribution in [0.1, 0.15) is 174 Å². The third-order valence-corrected chi connectivity index (χ3v) is 15.4. The molecule has 1 saturated carbocycles. The third-order valence-electron chi connectivity index (χ3n) is 15.4. The summed E-state index contributed by atoms with van der Waals surface area (Å²) in [4.78, 5) is 2.55. The van der Waals surface area contributed by atoms with Crippen molar-refractivity contribution in [2.75, 3.05) is 4.90 Å². The second-order valence-corrected chi connectivity index (χ2v) is 25.1. The Morgan fingerprint density at radius 1 is 0.368 bits per heavy atom. The van der Waals surface area contributed by atoms with Crippen LogP contribution in [0.4, 0.5) is 17.1 Å². The van der Waals surface area contributed by atoms with Gasteiger partial charge in [-0.05, 0) is 166 Å². The summed E-state index contributed by atoms with van der Waals surface area (Å²) < 4.78 is 0. The maximum Gasteiger partial charge on any atom is 0.0470 e. The van der Waals surface area contributed by atoms with E-state index in [2.05, 4.69) is 247 Å². The van der Waals surface area contributed by atoms with E-state index in [0.717, 1.165) is 0 Å². The van der Waals surface area contributed by atoms with E-state index in [-0.39, 0.29) is 27.1 Å². The molecule has 68 heavy (non-hydrogen) atoms. The summed E-state index contributed by atoms with van der Waals surface area (Å²) in [6, 6.07) is 57.1. The number of nitrogens with zero attached hydrogens (tertiary/aromatic N) is 1. The minimum atomic E-state index is -0.100. The van der Waals surface area contributed by atoms with Crippen molar-refractivity contribution in [2.45, 2.75) is 162 Å². The summed E-state index contributed by atoms with van der Waals surface area (Å²) in [5.74, 6) is 0.615. The van der Waals surface area contributed by atoms with E-state index in [1.807, 2.05) is 0 Å². The average Bonchev–Trinajstić information content (AvgIpc) is 3.53. The Morgan fingerprint density at radius 3 is 1.41 bits per heavy atom. The standard InChI is InChI=1S/C67H77N/c1-63(2,3)52-34-48(33-49(35-52)50-36-53(64(4,5)6)41-54(37-50)65(7,8)9)45-27-29-46(30-28-45)51-38-55(66(10,11)12)42-58(40-51)68(56-24-20-23-47(39-56)44-21-16-15-17-22-44)57-31-32-60-59-25-18-19-26-61(59)67(13,14)62(60)43-57/h18-20,23-44H,15-17,21-22H2,1-14H3. The zero-order chi connectivity index (χ0) is 48.6. The van der Waals surface area contributed by atoms with Crippen LogP contribution >= 0.6 is 0 Å². The lowest BCUT2D eigenvalue weighted by Crippen LogP contribution is -2.17. The minimum absolute atomic E-state index is 0.0106. The molecule has 2 aliphatic carbocycles. The molecule has 350 valence electrons. The molecule has 0 N–H and O–H groups in total. The number of hydrogen-bond donors (Lipinski definition) is 0. The van der Waals surface area contributed by atoms with Gasteiger partial charge in [0.2, 0.25) is 0 Å². The molecule has 7 aromatic carbocycles. The molecule has 1 heteroatoms. The van der Waals surface area contributed by atoms with Gasteiger partial charge < -0.3 is 4.90 Å². The maximum absolute atomic E-state index is 2.55. The highest BCUT2D eigenvalue weighted by atomic mass is 15.1. The Kier molecular flexibility index (Phi) is 12.1. The Morgan fingerprint density at radius 2 is 0.838 bits per heavy atom. The fourth-order valence-corrected chi connectivity index (χ4v) is 10.9. The Hall–Kier alpha value is -5.66. The van der Waals surface area contributed by atoms with Gasteiger partial charge in [0.1, 0.15) is 0 Å².